The highest BCUT2D eigenvalue weighted by atomic mass is 16.2. The zero-order valence-corrected chi connectivity index (χ0v) is 12.9. The standard InChI is InChI=1S/C16H19N5O2/c1-2-21-14(22)4-3-13(15(21)11-5-7-17-8-6-11)16(23)20-12-9-18-19-10-12/h5-10,13,15H,2-4H2,1H3,(H,18,19)(H,20,23)/t13-,15+/m0/s1. The van der Waals surface area contributed by atoms with Crippen LogP contribution in [0.4, 0.5) is 5.69 Å². The summed E-state index contributed by atoms with van der Waals surface area (Å²) >= 11 is 0. The zero-order chi connectivity index (χ0) is 16.2. The molecule has 2 aromatic rings. The van der Waals surface area contributed by atoms with E-state index >= 15 is 0 Å². The Morgan fingerprint density at radius 2 is 2.22 bits per heavy atom. The number of H-pyrrole nitrogens is 1. The number of piperidine rings is 1. The number of aromatic nitrogens is 3. The largest absolute Gasteiger partial charge is 0.335 e. The summed E-state index contributed by atoms with van der Waals surface area (Å²) in [5, 5.41) is 9.36. The fourth-order valence-electron chi connectivity index (χ4n) is 3.13. The van der Waals surface area contributed by atoms with E-state index < -0.39 is 0 Å². The number of hydrogen-bond acceptors (Lipinski definition) is 4. The van der Waals surface area contributed by atoms with Crippen molar-refractivity contribution in [3.8, 4) is 0 Å². The van der Waals surface area contributed by atoms with Crippen LogP contribution >= 0.6 is 0 Å². The predicted octanol–water partition coefficient (Wildman–Crippen LogP) is 1.74. The number of carbonyl (C=O) groups excluding carboxylic acids is 2. The van der Waals surface area contributed by atoms with Crippen molar-refractivity contribution in [2.45, 2.75) is 25.8 Å². The van der Waals surface area contributed by atoms with Crippen LogP contribution in [0.3, 0.4) is 0 Å². The molecular formula is C16H19N5O2. The molecule has 2 atom stereocenters. The normalized spacial score (nSPS) is 21.3. The van der Waals surface area contributed by atoms with Gasteiger partial charge in [0.25, 0.3) is 0 Å². The zero-order valence-electron chi connectivity index (χ0n) is 12.9. The number of nitrogens with one attached hydrogen (secondary N) is 2. The second-order valence-electron chi connectivity index (χ2n) is 5.53. The van der Waals surface area contributed by atoms with Crippen LogP contribution in [0.2, 0.25) is 0 Å². The quantitative estimate of drug-likeness (QED) is 0.899. The van der Waals surface area contributed by atoms with E-state index in [1.54, 1.807) is 29.7 Å². The highest BCUT2D eigenvalue weighted by Gasteiger charge is 2.39. The number of likely N-dealkylation sites (tertiary alicyclic amines) is 1. The molecule has 3 heterocycles. The fraction of sp³-hybridized carbons (Fsp3) is 0.375. The minimum atomic E-state index is -0.301. The average molecular weight is 313 g/mol. The molecule has 0 aliphatic carbocycles. The summed E-state index contributed by atoms with van der Waals surface area (Å²) in [7, 11) is 0. The molecule has 3 rings (SSSR count). The van der Waals surface area contributed by atoms with Crippen LogP contribution in [0.1, 0.15) is 31.4 Å². The third-order valence-corrected chi connectivity index (χ3v) is 4.20. The molecule has 1 saturated heterocycles. The van der Waals surface area contributed by atoms with Gasteiger partial charge in [-0.2, -0.15) is 5.10 Å². The Morgan fingerprint density at radius 3 is 2.87 bits per heavy atom. The van der Waals surface area contributed by atoms with Crippen molar-refractivity contribution in [1.29, 1.82) is 0 Å². The summed E-state index contributed by atoms with van der Waals surface area (Å²) in [6.45, 7) is 2.50. The lowest BCUT2D eigenvalue weighted by molar-refractivity contribution is -0.141. The maximum atomic E-state index is 12.7. The molecule has 0 saturated carbocycles. The highest BCUT2D eigenvalue weighted by Crippen LogP contribution is 2.37. The van der Waals surface area contributed by atoms with Gasteiger partial charge in [0.05, 0.1) is 23.8 Å². The van der Waals surface area contributed by atoms with E-state index in [1.165, 1.54) is 0 Å². The summed E-state index contributed by atoms with van der Waals surface area (Å²) in [6.07, 6.45) is 7.49. The van der Waals surface area contributed by atoms with Gasteiger partial charge in [-0.25, -0.2) is 0 Å². The van der Waals surface area contributed by atoms with Crippen LogP contribution < -0.4 is 5.32 Å². The molecule has 2 aromatic heterocycles. The minimum absolute atomic E-state index is 0.0849. The van der Waals surface area contributed by atoms with E-state index in [2.05, 4.69) is 20.5 Å². The Hall–Kier alpha value is -2.70. The van der Waals surface area contributed by atoms with Crippen molar-refractivity contribution >= 4 is 17.5 Å². The topological polar surface area (TPSA) is 91.0 Å². The van der Waals surface area contributed by atoms with Gasteiger partial charge in [-0.3, -0.25) is 19.7 Å². The molecule has 0 spiro atoms. The van der Waals surface area contributed by atoms with Gasteiger partial charge < -0.3 is 10.2 Å². The molecule has 1 aliphatic rings. The second-order valence-corrected chi connectivity index (χ2v) is 5.53. The summed E-state index contributed by atoms with van der Waals surface area (Å²) in [4.78, 5) is 30.8. The molecule has 1 aliphatic heterocycles. The lowest BCUT2D eigenvalue weighted by Crippen LogP contribution is -2.46. The first-order chi connectivity index (χ1) is 11.2. The Bertz CT molecular complexity index is 671. The molecule has 0 radical (unpaired) electrons. The SMILES string of the molecule is CCN1C(=O)CC[C@H](C(=O)Nc2cn[nH]c2)[C@H]1c1ccncc1. The molecule has 0 aromatic carbocycles. The lowest BCUT2D eigenvalue weighted by atomic mass is 9.84. The van der Waals surface area contributed by atoms with Gasteiger partial charge in [0.1, 0.15) is 0 Å². The molecule has 0 unspecified atom stereocenters. The monoisotopic (exact) mass is 313 g/mol. The number of amides is 2. The smallest absolute Gasteiger partial charge is 0.230 e. The first kappa shape index (κ1) is 15.2. The van der Waals surface area contributed by atoms with Gasteiger partial charge in [-0.05, 0) is 31.0 Å². The van der Waals surface area contributed by atoms with E-state index in [9.17, 15) is 9.59 Å². The van der Waals surface area contributed by atoms with Crippen LogP contribution in [-0.2, 0) is 9.59 Å². The lowest BCUT2D eigenvalue weighted by Gasteiger charge is -2.40. The van der Waals surface area contributed by atoms with E-state index in [0.717, 1.165) is 5.56 Å². The van der Waals surface area contributed by atoms with E-state index in [-0.39, 0.29) is 23.8 Å². The molecule has 23 heavy (non-hydrogen) atoms. The van der Waals surface area contributed by atoms with E-state index in [1.807, 2.05) is 19.1 Å². The van der Waals surface area contributed by atoms with Crippen molar-refractivity contribution in [2.75, 3.05) is 11.9 Å². The van der Waals surface area contributed by atoms with Crippen molar-refractivity contribution < 1.29 is 9.59 Å². The number of pyridine rings is 1. The Kier molecular flexibility index (Phi) is 4.36. The summed E-state index contributed by atoms with van der Waals surface area (Å²) in [5.41, 5.74) is 1.56. The van der Waals surface area contributed by atoms with Crippen molar-refractivity contribution in [3.05, 3.63) is 42.5 Å². The molecule has 120 valence electrons. The minimum Gasteiger partial charge on any atom is -0.335 e. The highest BCUT2D eigenvalue weighted by molar-refractivity contribution is 5.94. The third-order valence-electron chi connectivity index (χ3n) is 4.20. The van der Waals surface area contributed by atoms with Crippen molar-refractivity contribution in [3.63, 3.8) is 0 Å². The Morgan fingerprint density at radius 1 is 1.43 bits per heavy atom. The summed E-state index contributed by atoms with van der Waals surface area (Å²) < 4.78 is 0. The van der Waals surface area contributed by atoms with Crippen LogP contribution in [0.25, 0.3) is 0 Å². The van der Waals surface area contributed by atoms with Crippen LogP contribution in [0.15, 0.2) is 36.9 Å². The van der Waals surface area contributed by atoms with Gasteiger partial charge >= 0.3 is 0 Å². The molecule has 2 amide bonds. The van der Waals surface area contributed by atoms with E-state index in [0.29, 0.717) is 25.1 Å². The van der Waals surface area contributed by atoms with Gasteiger partial charge in [-0.1, -0.05) is 0 Å². The number of rotatable bonds is 4. The van der Waals surface area contributed by atoms with Gasteiger partial charge in [-0.15, -0.1) is 0 Å². The van der Waals surface area contributed by atoms with E-state index in [4.69, 9.17) is 0 Å². The molecule has 7 heteroatoms. The van der Waals surface area contributed by atoms with Crippen molar-refractivity contribution in [2.24, 2.45) is 5.92 Å². The summed E-state index contributed by atoms with van der Waals surface area (Å²) in [6, 6.07) is 3.46. The third kappa shape index (κ3) is 3.08. The van der Waals surface area contributed by atoms with Gasteiger partial charge in [0.15, 0.2) is 0 Å². The first-order valence-electron chi connectivity index (χ1n) is 7.69. The number of aromatic amines is 1. The Balaban J connectivity index is 1.89. The van der Waals surface area contributed by atoms with Crippen molar-refractivity contribution in [1.82, 2.24) is 20.1 Å². The van der Waals surface area contributed by atoms with Crippen LogP contribution in [0, 0.1) is 5.92 Å². The second kappa shape index (κ2) is 6.60. The maximum absolute atomic E-state index is 12.7. The number of anilines is 1. The summed E-state index contributed by atoms with van der Waals surface area (Å²) in [5.74, 6) is -0.314. The molecule has 1 fully saturated rings. The van der Waals surface area contributed by atoms with Gasteiger partial charge in [0.2, 0.25) is 11.8 Å². The van der Waals surface area contributed by atoms with Crippen LogP contribution in [0.5, 0.6) is 0 Å². The number of hydrogen-bond donors (Lipinski definition) is 2. The Labute approximate surface area is 134 Å². The average Bonchev–Trinajstić information content (AvgIpc) is 3.08. The van der Waals surface area contributed by atoms with Crippen LogP contribution in [-0.4, -0.2) is 38.4 Å². The fourth-order valence-corrected chi connectivity index (χ4v) is 3.13. The maximum Gasteiger partial charge on any atom is 0.230 e. The first-order valence-corrected chi connectivity index (χ1v) is 7.69. The molecule has 0 bridgehead atoms. The molecule has 2 N–H and O–H groups in total. The molecule has 7 nitrogen and oxygen atoms in total. The number of carbonyl (C=O) groups is 2. The molecular weight excluding hydrogens is 294 g/mol. The van der Waals surface area contributed by atoms with Gasteiger partial charge in [0, 0.05) is 31.6 Å². The predicted molar refractivity (Wildman–Crippen MR) is 84.3 cm³/mol. The number of nitrogens with zero attached hydrogens (tertiary/aromatic N) is 3.